The third-order valence-corrected chi connectivity index (χ3v) is 5.15. The molecule has 2 N–H and O–H groups in total. The summed E-state index contributed by atoms with van der Waals surface area (Å²) in [6, 6.07) is 12.8. The van der Waals surface area contributed by atoms with Gasteiger partial charge in [-0.1, -0.05) is 18.2 Å². The predicted molar refractivity (Wildman–Crippen MR) is 98.9 cm³/mol. The molecule has 1 unspecified atom stereocenters. The van der Waals surface area contributed by atoms with Crippen molar-refractivity contribution in [3.8, 4) is 6.07 Å². The highest BCUT2D eigenvalue weighted by Gasteiger charge is 2.20. The fourth-order valence-corrected chi connectivity index (χ4v) is 3.81. The average Bonchev–Trinajstić information content (AvgIpc) is 2.69. The molecule has 0 bridgehead atoms. The van der Waals surface area contributed by atoms with Gasteiger partial charge in [0.05, 0.1) is 11.6 Å². The van der Waals surface area contributed by atoms with Crippen molar-refractivity contribution in [2.45, 2.75) is 31.2 Å². The first-order valence-electron chi connectivity index (χ1n) is 8.96. The number of piperidine rings is 1. The van der Waals surface area contributed by atoms with Crippen LogP contribution >= 0.6 is 0 Å². The lowest BCUT2D eigenvalue weighted by Crippen LogP contribution is -2.44. The molecule has 0 spiro atoms. The van der Waals surface area contributed by atoms with Crippen LogP contribution in [0.25, 0.3) is 11.8 Å². The third kappa shape index (κ3) is 3.42. The zero-order valence-electron chi connectivity index (χ0n) is 14.2. The molecule has 1 saturated heterocycles. The van der Waals surface area contributed by atoms with Crippen molar-refractivity contribution in [3.63, 3.8) is 0 Å². The molecule has 0 saturated carbocycles. The summed E-state index contributed by atoms with van der Waals surface area (Å²) >= 11 is 0. The van der Waals surface area contributed by atoms with Crippen LogP contribution in [0, 0.1) is 11.3 Å². The van der Waals surface area contributed by atoms with Gasteiger partial charge in [-0.05, 0) is 61.3 Å². The Kier molecular flexibility index (Phi) is 4.49. The topological polar surface area (TPSA) is 60.7 Å². The van der Waals surface area contributed by atoms with Gasteiger partial charge in [0.15, 0.2) is 0 Å². The summed E-state index contributed by atoms with van der Waals surface area (Å²) in [4.78, 5) is 4.33. The fraction of sp³-hybridized carbons (Fsp3) is 0.333. The van der Waals surface area contributed by atoms with Crippen LogP contribution in [0.3, 0.4) is 0 Å². The largest absolute Gasteiger partial charge is 0.385 e. The molecule has 2 aromatic rings. The molecule has 4 nitrogen and oxygen atoms in total. The summed E-state index contributed by atoms with van der Waals surface area (Å²) in [7, 11) is 0. The molecular weight excluding hydrogens is 308 g/mol. The van der Waals surface area contributed by atoms with Crippen LogP contribution in [0.2, 0.25) is 0 Å². The molecule has 25 heavy (non-hydrogen) atoms. The first-order chi connectivity index (χ1) is 12.3. The van der Waals surface area contributed by atoms with Crippen molar-refractivity contribution in [1.29, 1.82) is 5.26 Å². The normalized spacial score (nSPS) is 20.3. The van der Waals surface area contributed by atoms with Gasteiger partial charge >= 0.3 is 0 Å². The van der Waals surface area contributed by atoms with E-state index in [-0.39, 0.29) is 5.92 Å². The van der Waals surface area contributed by atoms with E-state index >= 15 is 0 Å². The van der Waals surface area contributed by atoms with Gasteiger partial charge in [0.2, 0.25) is 0 Å². The molecule has 0 amide bonds. The minimum Gasteiger partial charge on any atom is -0.385 e. The van der Waals surface area contributed by atoms with Gasteiger partial charge in [0.1, 0.15) is 0 Å². The van der Waals surface area contributed by atoms with Gasteiger partial charge in [-0.15, -0.1) is 0 Å². The lowest BCUT2D eigenvalue weighted by molar-refractivity contribution is 0.420. The number of hydrogen-bond donors (Lipinski definition) is 2. The number of hydrogen-bond acceptors (Lipinski definition) is 4. The van der Waals surface area contributed by atoms with Gasteiger partial charge in [0.25, 0.3) is 0 Å². The Morgan fingerprint density at radius 3 is 2.92 bits per heavy atom. The van der Waals surface area contributed by atoms with Gasteiger partial charge in [0, 0.05) is 35.3 Å². The Balaban J connectivity index is 1.70. The van der Waals surface area contributed by atoms with E-state index in [1.807, 2.05) is 30.6 Å². The van der Waals surface area contributed by atoms with Crippen LogP contribution in [0.5, 0.6) is 0 Å². The summed E-state index contributed by atoms with van der Waals surface area (Å²) in [6.45, 7) is 2.15. The maximum atomic E-state index is 9.19. The number of nitrogens with one attached hydrogen (secondary N) is 2. The zero-order valence-corrected chi connectivity index (χ0v) is 14.2. The van der Waals surface area contributed by atoms with Crippen LogP contribution in [-0.4, -0.2) is 24.1 Å². The zero-order chi connectivity index (χ0) is 17.1. The molecule has 2 heterocycles. The smallest absolute Gasteiger partial charge is 0.0991 e. The van der Waals surface area contributed by atoms with E-state index < -0.39 is 0 Å². The third-order valence-electron chi connectivity index (χ3n) is 5.15. The maximum absolute atomic E-state index is 9.19. The van der Waals surface area contributed by atoms with Crippen molar-refractivity contribution in [2.75, 3.05) is 13.1 Å². The molecule has 0 radical (unpaired) electrons. The molecule has 1 fully saturated rings. The van der Waals surface area contributed by atoms with Crippen LogP contribution in [-0.2, 0) is 0 Å². The van der Waals surface area contributed by atoms with Crippen LogP contribution in [0.15, 0.2) is 42.7 Å². The average molecular weight is 330 g/mol. The highest BCUT2D eigenvalue weighted by atomic mass is 15.0. The molecule has 1 atom stereocenters. The summed E-state index contributed by atoms with van der Waals surface area (Å²) < 4.78 is 0. The number of aromatic nitrogens is 1. The summed E-state index contributed by atoms with van der Waals surface area (Å²) in [5.41, 5.74) is 3.20. The van der Waals surface area contributed by atoms with Crippen molar-refractivity contribution < 1.29 is 0 Å². The quantitative estimate of drug-likeness (QED) is 0.892. The Hall–Kier alpha value is -2.64. The van der Waals surface area contributed by atoms with E-state index in [0.717, 1.165) is 37.9 Å². The van der Waals surface area contributed by atoms with Crippen molar-refractivity contribution in [1.82, 2.24) is 15.6 Å². The number of pyridine rings is 1. The van der Waals surface area contributed by atoms with E-state index in [0.29, 0.717) is 6.04 Å². The molecule has 1 aromatic carbocycles. The predicted octanol–water partition coefficient (Wildman–Crippen LogP) is 1.37. The highest BCUT2D eigenvalue weighted by Crippen LogP contribution is 2.27. The Labute approximate surface area is 147 Å². The summed E-state index contributed by atoms with van der Waals surface area (Å²) in [5, 5.41) is 18.9. The Morgan fingerprint density at radius 2 is 2.08 bits per heavy atom. The standard InChI is InChI=1S/C21H22N4/c22-13-15-2-1-3-16(10-15)18-11-17-4-7-24-14-20(17)21(12-18)25-19-5-8-23-9-6-19/h1-4,7,10-11,14,18-19,23,25H,5-6,8-9,12H2. The first kappa shape index (κ1) is 15.9. The van der Waals surface area contributed by atoms with Gasteiger partial charge in [-0.2, -0.15) is 5.26 Å². The Bertz CT molecular complexity index is 919. The van der Waals surface area contributed by atoms with Gasteiger partial charge in [-0.25, -0.2) is 0 Å². The minimum atomic E-state index is 0.285. The molecular formula is C21H22N4. The molecule has 4 heteroatoms. The van der Waals surface area contributed by atoms with E-state index in [9.17, 15) is 5.26 Å². The summed E-state index contributed by atoms with van der Waals surface area (Å²) in [5.74, 6) is 0.285. The molecule has 1 aliphatic heterocycles. The van der Waals surface area contributed by atoms with Crippen molar-refractivity contribution >= 4 is 11.8 Å². The van der Waals surface area contributed by atoms with Crippen LogP contribution in [0.4, 0.5) is 0 Å². The van der Waals surface area contributed by atoms with Crippen molar-refractivity contribution in [2.24, 2.45) is 0 Å². The fourth-order valence-electron chi connectivity index (χ4n) is 3.81. The second-order valence-electron chi connectivity index (χ2n) is 6.82. The molecule has 1 aromatic heterocycles. The monoisotopic (exact) mass is 330 g/mol. The number of nitriles is 1. The second kappa shape index (κ2) is 7.08. The van der Waals surface area contributed by atoms with E-state index in [1.54, 1.807) is 0 Å². The van der Waals surface area contributed by atoms with Gasteiger partial charge in [-0.3, -0.25) is 4.98 Å². The van der Waals surface area contributed by atoms with E-state index in [1.165, 1.54) is 21.7 Å². The Morgan fingerprint density at radius 1 is 1.20 bits per heavy atom. The molecule has 1 aliphatic carbocycles. The van der Waals surface area contributed by atoms with Crippen LogP contribution < -0.4 is 21.1 Å². The van der Waals surface area contributed by atoms with Crippen molar-refractivity contribution in [3.05, 3.63) is 64.3 Å². The number of nitrogens with zero attached hydrogens (tertiary/aromatic N) is 2. The lowest BCUT2D eigenvalue weighted by atomic mass is 9.88. The lowest BCUT2D eigenvalue weighted by Gasteiger charge is -2.29. The number of fused-ring (bicyclic) bond motifs is 1. The van der Waals surface area contributed by atoms with E-state index in [4.69, 9.17) is 0 Å². The maximum Gasteiger partial charge on any atom is 0.0991 e. The first-order valence-corrected chi connectivity index (χ1v) is 8.96. The summed E-state index contributed by atoms with van der Waals surface area (Å²) in [6.07, 6.45) is 9.36. The second-order valence-corrected chi connectivity index (χ2v) is 6.82. The van der Waals surface area contributed by atoms with E-state index in [2.05, 4.69) is 39.9 Å². The highest BCUT2D eigenvalue weighted by molar-refractivity contribution is 5.56. The number of rotatable bonds is 3. The SMILES string of the molecule is N#Cc1cccc(C2C=c3ccncc3=C(NC3CCNCC3)C2)c1. The number of benzene rings is 1. The molecule has 2 aliphatic rings. The molecule has 4 rings (SSSR count). The van der Waals surface area contributed by atoms with Gasteiger partial charge < -0.3 is 10.6 Å². The minimum absolute atomic E-state index is 0.285. The molecule has 126 valence electrons. The van der Waals surface area contributed by atoms with Crippen LogP contribution in [0.1, 0.15) is 36.3 Å².